The zero-order chi connectivity index (χ0) is 12.3. The summed E-state index contributed by atoms with van der Waals surface area (Å²) < 4.78 is 3.14. The molecule has 2 N–H and O–H groups in total. The number of anilines is 1. The molecule has 2 fully saturated rings. The van der Waals surface area contributed by atoms with Crippen molar-refractivity contribution in [3.05, 3.63) is 16.7 Å². The Bertz CT molecular complexity index is 601. The summed E-state index contributed by atoms with van der Waals surface area (Å²) in [6, 6.07) is 2.52. The number of hydrogen-bond acceptors (Lipinski definition) is 3. The van der Waals surface area contributed by atoms with Crippen molar-refractivity contribution >= 4 is 33.0 Å². The minimum Gasteiger partial charge on any atom is -0.369 e. The first-order valence-corrected chi connectivity index (χ1v) is 7.32. The molecule has 5 heteroatoms. The molecule has 18 heavy (non-hydrogen) atoms. The second-order valence-electron chi connectivity index (χ2n) is 5.50. The van der Waals surface area contributed by atoms with E-state index in [2.05, 4.69) is 30.5 Å². The van der Waals surface area contributed by atoms with Gasteiger partial charge in [-0.3, -0.25) is 4.57 Å². The SMILES string of the molecule is Nc1nc2cc(Br)cnc2n1C(C1CC1)C1CC1. The van der Waals surface area contributed by atoms with Gasteiger partial charge in [-0.05, 0) is 59.5 Å². The molecule has 0 spiro atoms. The van der Waals surface area contributed by atoms with E-state index in [-0.39, 0.29) is 0 Å². The van der Waals surface area contributed by atoms with Crippen molar-refractivity contribution in [1.82, 2.24) is 14.5 Å². The summed E-state index contributed by atoms with van der Waals surface area (Å²) in [6.07, 6.45) is 7.15. The van der Waals surface area contributed by atoms with E-state index in [4.69, 9.17) is 5.73 Å². The van der Waals surface area contributed by atoms with E-state index in [1.54, 1.807) is 0 Å². The van der Waals surface area contributed by atoms with Gasteiger partial charge in [0.05, 0.1) is 0 Å². The normalized spacial score (nSPS) is 19.9. The first-order valence-electron chi connectivity index (χ1n) is 6.53. The van der Waals surface area contributed by atoms with Crippen molar-refractivity contribution in [3.63, 3.8) is 0 Å². The lowest BCUT2D eigenvalue weighted by molar-refractivity contribution is 0.407. The van der Waals surface area contributed by atoms with Crippen molar-refractivity contribution in [3.8, 4) is 0 Å². The predicted molar refractivity (Wildman–Crippen MR) is 74.1 cm³/mol. The van der Waals surface area contributed by atoms with Crippen LogP contribution in [-0.2, 0) is 0 Å². The van der Waals surface area contributed by atoms with Gasteiger partial charge in [-0.2, -0.15) is 0 Å². The minimum absolute atomic E-state index is 0.531. The Morgan fingerprint density at radius 1 is 1.28 bits per heavy atom. The fourth-order valence-corrected chi connectivity index (χ4v) is 3.27. The first-order chi connectivity index (χ1) is 8.74. The number of aromatic nitrogens is 3. The number of imidazole rings is 1. The fraction of sp³-hybridized carbons (Fsp3) is 0.538. The second-order valence-corrected chi connectivity index (χ2v) is 6.42. The largest absolute Gasteiger partial charge is 0.369 e. The van der Waals surface area contributed by atoms with Gasteiger partial charge < -0.3 is 5.73 Å². The highest BCUT2D eigenvalue weighted by Crippen LogP contribution is 2.53. The highest BCUT2D eigenvalue weighted by Gasteiger charge is 2.44. The van der Waals surface area contributed by atoms with Crippen molar-refractivity contribution in [1.29, 1.82) is 0 Å². The van der Waals surface area contributed by atoms with Gasteiger partial charge in [-0.25, -0.2) is 9.97 Å². The number of halogens is 1. The number of rotatable bonds is 3. The van der Waals surface area contributed by atoms with Crippen LogP contribution in [0.3, 0.4) is 0 Å². The Morgan fingerprint density at radius 2 is 1.94 bits per heavy atom. The molecule has 2 heterocycles. The number of nitrogens with two attached hydrogens (primary N) is 1. The molecule has 0 radical (unpaired) electrons. The quantitative estimate of drug-likeness (QED) is 0.947. The molecule has 0 bridgehead atoms. The van der Waals surface area contributed by atoms with Crippen molar-refractivity contribution in [2.24, 2.45) is 11.8 Å². The van der Waals surface area contributed by atoms with Gasteiger partial charge in [0, 0.05) is 16.7 Å². The van der Waals surface area contributed by atoms with Gasteiger partial charge in [0.2, 0.25) is 5.95 Å². The molecular weight excluding hydrogens is 292 g/mol. The Morgan fingerprint density at radius 3 is 2.56 bits per heavy atom. The highest BCUT2D eigenvalue weighted by molar-refractivity contribution is 9.10. The van der Waals surface area contributed by atoms with Gasteiger partial charge in [0.1, 0.15) is 5.52 Å². The molecule has 94 valence electrons. The zero-order valence-corrected chi connectivity index (χ0v) is 11.6. The summed E-state index contributed by atoms with van der Waals surface area (Å²) in [5.74, 6) is 2.21. The summed E-state index contributed by atoms with van der Waals surface area (Å²) >= 11 is 3.43. The third kappa shape index (κ3) is 1.64. The smallest absolute Gasteiger partial charge is 0.202 e. The lowest BCUT2D eigenvalue weighted by atomic mass is 10.1. The molecule has 4 rings (SSSR count). The van der Waals surface area contributed by atoms with Crippen LogP contribution in [0.2, 0.25) is 0 Å². The molecule has 4 nitrogen and oxygen atoms in total. The maximum atomic E-state index is 6.13. The predicted octanol–water partition coefficient (Wildman–Crippen LogP) is 3.14. The molecule has 0 unspecified atom stereocenters. The molecule has 2 aliphatic carbocycles. The molecule has 0 atom stereocenters. The van der Waals surface area contributed by atoms with Crippen molar-refractivity contribution < 1.29 is 0 Å². The molecule has 0 amide bonds. The van der Waals surface area contributed by atoms with Crippen LogP contribution in [0.5, 0.6) is 0 Å². The first kappa shape index (κ1) is 10.8. The minimum atomic E-state index is 0.531. The third-order valence-electron chi connectivity index (χ3n) is 4.03. The van der Waals surface area contributed by atoms with Crippen LogP contribution in [0.1, 0.15) is 31.7 Å². The zero-order valence-electron chi connectivity index (χ0n) is 10.0. The Balaban J connectivity index is 1.89. The standard InChI is InChI=1S/C13H15BrN4/c14-9-5-10-12(16-6-9)18(13(15)17-10)11(7-1-2-7)8-3-4-8/h5-8,11H,1-4H2,(H2,15,17). The molecule has 0 aromatic carbocycles. The van der Waals surface area contributed by atoms with E-state index < -0.39 is 0 Å². The van der Waals surface area contributed by atoms with Gasteiger partial charge in [0.25, 0.3) is 0 Å². The van der Waals surface area contributed by atoms with Gasteiger partial charge >= 0.3 is 0 Å². The average molecular weight is 307 g/mol. The number of fused-ring (bicyclic) bond motifs is 1. The topological polar surface area (TPSA) is 56.7 Å². The monoisotopic (exact) mass is 306 g/mol. The van der Waals surface area contributed by atoms with Gasteiger partial charge in [0.15, 0.2) is 5.65 Å². The van der Waals surface area contributed by atoms with Crippen LogP contribution in [-0.4, -0.2) is 14.5 Å². The van der Waals surface area contributed by atoms with Gasteiger partial charge in [-0.1, -0.05) is 0 Å². The van der Waals surface area contributed by atoms with E-state index in [0.717, 1.165) is 27.5 Å². The Kier molecular flexibility index (Phi) is 2.22. The van der Waals surface area contributed by atoms with Crippen molar-refractivity contribution in [2.75, 3.05) is 5.73 Å². The Hall–Kier alpha value is -1.10. The van der Waals surface area contributed by atoms with Crippen LogP contribution in [0.25, 0.3) is 11.2 Å². The number of nitrogens with zero attached hydrogens (tertiary/aromatic N) is 3. The number of hydrogen-bond donors (Lipinski definition) is 1. The summed E-state index contributed by atoms with van der Waals surface area (Å²) in [7, 11) is 0. The lowest BCUT2D eigenvalue weighted by Gasteiger charge is -2.19. The molecule has 0 saturated heterocycles. The summed E-state index contributed by atoms with van der Waals surface area (Å²) in [5, 5.41) is 0. The van der Waals surface area contributed by atoms with Crippen molar-refractivity contribution in [2.45, 2.75) is 31.7 Å². The van der Waals surface area contributed by atoms with Gasteiger partial charge in [-0.15, -0.1) is 0 Å². The lowest BCUT2D eigenvalue weighted by Crippen LogP contribution is -2.16. The van der Waals surface area contributed by atoms with Crippen LogP contribution >= 0.6 is 15.9 Å². The van der Waals surface area contributed by atoms with E-state index in [9.17, 15) is 0 Å². The number of pyridine rings is 1. The van der Waals surface area contributed by atoms with E-state index in [1.807, 2.05) is 12.3 Å². The average Bonchev–Trinajstić information content (AvgIpc) is 3.21. The van der Waals surface area contributed by atoms with E-state index >= 15 is 0 Å². The molecule has 2 aromatic rings. The molecule has 2 saturated carbocycles. The van der Waals surface area contributed by atoms with Crippen LogP contribution < -0.4 is 5.73 Å². The Labute approximate surface area is 114 Å². The second kappa shape index (κ2) is 3.70. The van der Waals surface area contributed by atoms with Crippen LogP contribution in [0, 0.1) is 11.8 Å². The van der Waals surface area contributed by atoms with E-state index in [0.29, 0.717) is 12.0 Å². The molecule has 2 aliphatic rings. The van der Waals surface area contributed by atoms with E-state index in [1.165, 1.54) is 25.7 Å². The van der Waals surface area contributed by atoms with Crippen LogP contribution in [0.15, 0.2) is 16.7 Å². The summed E-state index contributed by atoms with van der Waals surface area (Å²) in [6.45, 7) is 0. The van der Waals surface area contributed by atoms with Crippen LogP contribution in [0.4, 0.5) is 5.95 Å². The maximum absolute atomic E-state index is 6.13. The molecular formula is C13H15BrN4. The summed E-state index contributed by atoms with van der Waals surface area (Å²) in [4.78, 5) is 8.98. The molecule has 0 aliphatic heterocycles. The third-order valence-corrected chi connectivity index (χ3v) is 4.47. The molecule has 2 aromatic heterocycles. The highest BCUT2D eigenvalue weighted by atomic mass is 79.9. The fourth-order valence-electron chi connectivity index (χ4n) is 2.95. The summed E-state index contributed by atoms with van der Waals surface area (Å²) in [5.41, 5.74) is 7.97. The number of nitrogen functional groups attached to an aromatic ring is 1. The maximum Gasteiger partial charge on any atom is 0.202 e.